The molecule has 0 aromatic heterocycles. The van der Waals surface area contributed by atoms with Crippen LogP contribution in [0.1, 0.15) is 27.0 Å². The van der Waals surface area contributed by atoms with Crippen LogP contribution >= 0.6 is 0 Å². The number of piperidine rings is 1. The number of amides is 3. The van der Waals surface area contributed by atoms with Gasteiger partial charge in [0, 0.05) is 23.2 Å². The lowest BCUT2D eigenvalue weighted by Crippen LogP contribution is -2.83. The van der Waals surface area contributed by atoms with Crippen LogP contribution in [0.4, 0.5) is 4.39 Å². The maximum absolute atomic E-state index is 15.1. The Morgan fingerprint density at radius 2 is 1.50 bits per heavy atom. The van der Waals surface area contributed by atoms with Crippen molar-refractivity contribution in [1.82, 2.24) is 15.1 Å². The van der Waals surface area contributed by atoms with E-state index in [1.807, 2.05) is 0 Å². The number of rotatable bonds is 6. The van der Waals surface area contributed by atoms with E-state index in [0.29, 0.717) is 11.0 Å². The molecule has 2 aromatic carbocycles. The molecule has 2 saturated heterocycles. The molecule has 46 heavy (non-hydrogen) atoms. The summed E-state index contributed by atoms with van der Waals surface area (Å²) >= 11 is 0. The second-order valence-corrected chi connectivity index (χ2v) is 10.7. The SMILES string of the molecule is O=C1NC(=O)C(O)(O)C(O)(O)C1N1Cc2c(OCc3ccc(CN4C(O)(O)C(O)(O)OC(O)(O)C4(O)O)cc3F)cccc2C1=O. The molecule has 3 amide bonds. The highest BCUT2D eigenvalue weighted by molar-refractivity contribution is 6.08. The summed E-state index contributed by atoms with van der Waals surface area (Å²) in [5.41, 5.74) is -0.584. The van der Waals surface area contributed by atoms with Crippen LogP contribution in [0.2, 0.25) is 0 Å². The molecule has 1 atom stereocenters. The maximum Gasteiger partial charge on any atom is 0.356 e. The molecule has 0 radical (unpaired) electrons. The van der Waals surface area contributed by atoms with Gasteiger partial charge in [0.05, 0.1) is 6.54 Å². The third-order valence-corrected chi connectivity index (χ3v) is 7.71. The molecule has 5 rings (SSSR count). The molecule has 20 nitrogen and oxygen atoms in total. The Bertz CT molecular complexity index is 1600. The number of carbonyl (C=O) groups excluding carboxylic acids is 3. The van der Waals surface area contributed by atoms with Crippen LogP contribution in [-0.2, 0) is 34.0 Å². The number of benzene rings is 2. The van der Waals surface area contributed by atoms with Gasteiger partial charge < -0.3 is 70.9 Å². The summed E-state index contributed by atoms with van der Waals surface area (Å²) in [7, 11) is 0. The van der Waals surface area contributed by atoms with Gasteiger partial charge in [0.2, 0.25) is 0 Å². The molecule has 0 saturated carbocycles. The Morgan fingerprint density at radius 1 is 0.891 bits per heavy atom. The summed E-state index contributed by atoms with van der Waals surface area (Å²) in [6.07, 6.45) is 0. The van der Waals surface area contributed by atoms with Crippen LogP contribution < -0.4 is 10.1 Å². The number of ether oxygens (including phenoxy) is 2. The maximum atomic E-state index is 15.1. The Labute approximate surface area is 254 Å². The van der Waals surface area contributed by atoms with Gasteiger partial charge in [0.25, 0.3) is 23.5 Å². The van der Waals surface area contributed by atoms with E-state index in [-0.39, 0.29) is 28.0 Å². The number of aliphatic hydroxyl groups is 12. The molecule has 13 N–H and O–H groups in total. The smallest absolute Gasteiger partial charge is 0.356 e. The molecule has 2 fully saturated rings. The lowest BCUT2D eigenvalue weighted by molar-refractivity contribution is -0.659. The van der Waals surface area contributed by atoms with Gasteiger partial charge in [-0.1, -0.05) is 18.2 Å². The van der Waals surface area contributed by atoms with E-state index in [1.165, 1.54) is 23.5 Å². The van der Waals surface area contributed by atoms with Gasteiger partial charge in [0.15, 0.2) is 6.04 Å². The van der Waals surface area contributed by atoms with Crippen LogP contribution in [0.3, 0.4) is 0 Å². The van der Waals surface area contributed by atoms with Gasteiger partial charge in [-0.05, 0) is 23.8 Å². The number of hydrogen-bond acceptors (Lipinski definition) is 18. The first-order valence-electron chi connectivity index (χ1n) is 12.8. The standard InChI is InChI=1S/C25H26FN3O17/c26-14-6-10(7-29-22(37,38)24(41,42)46-25(43,44)23(29,39)40)4-5-11(14)9-45-15-3-1-2-12-13(15)8-28(18(12)31)16-17(30)27-19(32)21(35,36)20(16,33)34/h1-6,16,33-44H,7-9H2,(H,27,30,32). The highest BCUT2D eigenvalue weighted by Crippen LogP contribution is 2.42. The minimum atomic E-state index is -4.20. The third-order valence-electron chi connectivity index (χ3n) is 7.71. The zero-order chi connectivity index (χ0) is 34.4. The molecule has 3 aliphatic heterocycles. The quantitative estimate of drug-likeness (QED) is 0.101. The Morgan fingerprint density at radius 3 is 2.09 bits per heavy atom. The fourth-order valence-corrected chi connectivity index (χ4v) is 5.11. The summed E-state index contributed by atoms with van der Waals surface area (Å²) in [6, 6.07) is 4.38. The lowest BCUT2D eigenvalue weighted by atomic mass is 9.90. The van der Waals surface area contributed by atoms with Crippen molar-refractivity contribution in [1.29, 1.82) is 0 Å². The zero-order valence-electron chi connectivity index (χ0n) is 22.8. The van der Waals surface area contributed by atoms with Gasteiger partial charge in [-0.3, -0.25) is 24.4 Å². The van der Waals surface area contributed by atoms with Crippen LogP contribution in [0.5, 0.6) is 5.75 Å². The lowest BCUT2D eigenvalue weighted by Gasteiger charge is -2.55. The van der Waals surface area contributed by atoms with Gasteiger partial charge in [-0.25, -0.2) is 4.39 Å². The molecule has 1 unspecified atom stereocenters. The van der Waals surface area contributed by atoms with Crippen molar-refractivity contribution < 1.29 is 89.5 Å². The zero-order valence-corrected chi connectivity index (χ0v) is 22.8. The molecule has 3 heterocycles. The van der Waals surface area contributed by atoms with Crippen molar-refractivity contribution in [3.05, 3.63) is 64.5 Å². The number of imide groups is 1. The molecule has 250 valence electrons. The van der Waals surface area contributed by atoms with E-state index < -0.39 is 89.5 Å². The van der Waals surface area contributed by atoms with Gasteiger partial charge in [-0.15, -0.1) is 0 Å². The number of fused-ring (bicyclic) bond motifs is 1. The normalized spacial score (nSPS) is 25.6. The van der Waals surface area contributed by atoms with Crippen LogP contribution in [-0.4, -0.2) is 130 Å². The van der Waals surface area contributed by atoms with Crippen LogP contribution in [0.25, 0.3) is 0 Å². The average Bonchev–Trinajstić information content (AvgIpc) is 3.25. The highest BCUT2D eigenvalue weighted by atomic mass is 19.1. The molecule has 0 spiro atoms. The number of morpholine rings is 1. The van der Waals surface area contributed by atoms with E-state index in [2.05, 4.69) is 4.74 Å². The Balaban J connectivity index is 1.35. The van der Waals surface area contributed by atoms with E-state index in [9.17, 15) is 75.7 Å². The highest BCUT2D eigenvalue weighted by Gasteiger charge is 2.74. The first-order chi connectivity index (χ1) is 21.0. The average molecular weight is 659 g/mol. The number of hydrogen-bond donors (Lipinski definition) is 13. The molecule has 21 heteroatoms. The third kappa shape index (κ3) is 4.83. The molecular formula is C25H26FN3O17. The van der Waals surface area contributed by atoms with Crippen molar-refractivity contribution in [2.24, 2.45) is 0 Å². The number of halogens is 1. The van der Waals surface area contributed by atoms with Crippen molar-refractivity contribution in [3.8, 4) is 5.75 Å². The molecule has 2 aromatic rings. The first-order valence-corrected chi connectivity index (χ1v) is 12.8. The van der Waals surface area contributed by atoms with Gasteiger partial charge >= 0.3 is 29.6 Å². The fraction of sp³-hybridized carbons (Fsp3) is 0.400. The van der Waals surface area contributed by atoms with Crippen LogP contribution in [0.15, 0.2) is 36.4 Å². The predicted molar refractivity (Wildman–Crippen MR) is 134 cm³/mol. The minimum absolute atomic E-state index is 0.0521. The second-order valence-electron chi connectivity index (χ2n) is 10.7. The van der Waals surface area contributed by atoms with Gasteiger partial charge in [-0.2, -0.15) is 4.90 Å². The Hall–Kier alpha value is -3.78. The molecule has 0 bridgehead atoms. The number of carbonyl (C=O) groups is 3. The van der Waals surface area contributed by atoms with Crippen molar-refractivity contribution in [2.75, 3.05) is 0 Å². The molecule has 0 aliphatic carbocycles. The summed E-state index contributed by atoms with van der Waals surface area (Å²) in [6.45, 7) is -2.30. The van der Waals surface area contributed by atoms with Crippen LogP contribution in [0, 0.1) is 5.82 Å². The van der Waals surface area contributed by atoms with E-state index in [4.69, 9.17) is 4.74 Å². The van der Waals surface area contributed by atoms with Crippen molar-refractivity contribution in [2.45, 2.75) is 61.1 Å². The van der Waals surface area contributed by atoms with E-state index in [0.717, 1.165) is 12.1 Å². The summed E-state index contributed by atoms with van der Waals surface area (Å²) in [4.78, 5) is 37.4. The largest absolute Gasteiger partial charge is 0.488 e. The summed E-state index contributed by atoms with van der Waals surface area (Å²) in [5, 5.41) is 121. The first kappa shape index (κ1) is 33.6. The van der Waals surface area contributed by atoms with E-state index in [1.54, 1.807) is 0 Å². The van der Waals surface area contributed by atoms with Crippen molar-refractivity contribution in [3.63, 3.8) is 0 Å². The fourth-order valence-electron chi connectivity index (χ4n) is 5.11. The molecule has 3 aliphatic rings. The van der Waals surface area contributed by atoms with Gasteiger partial charge in [0.1, 0.15) is 18.2 Å². The monoisotopic (exact) mass is 659 g/mol. The summed E-state index contributed by atoms with van der Waals surface area (Å²) < 4.78 is 24.5. The topological polar surface area (TPSA) is 331 Å². The minimum Gasteiger partial charge on any atom is -0.488 e. The predicted octanol–water partition coefficient (Wildman–Crippen LogP) is -6.87. The second kappa shape index (κ2) is 10.4. The number of nitrogens with zero attached hydrogens (tertiary/aromatic N) is 2. The summed E-state index contributed by atoms with van der Waals surface area (Å²) in [5.74, 6) is -29.7. The number of nitrogens with one attached hydrogen (secondary N) is 1. The molecular weight excluding hydrogens is 633 g/mol. The van der Waals surface area contributed by atoms with Crippen molar-refractivity contribution >= 4 is 17.7 Å². The van der Waals surface area contributed by atoms with E-state index >= 15 is 4.39 Å². The Kier molecular flexibility index (Phi) is 7.56.